The van der Waals surface area contributed by atoms with E-state index in [0.717, 1.165) is 4.88 Å². The van der Waals surface area contributed by atoms with Crippen LogP contribution in [0.4, 0.5) is 0 Å². The first kappa shape index (κ1) is 15.5. The van der Waals surface area contributed by atoms with E-state index in [1.165, 1.54) is 11.3 Å². The van der Waals surface area contributed by atoms with E-state index in [4.69, 9.17) is 15.2 Å². The molecule has 1 heterocycles. The molecule has 1 aromatic carbocycles. The maximum Gasteiger partial charge on any atom is 0.185 e. The number of hydrogen-bond acceptors (Lipinski definition) is 5. The first-order valence-electron chi connectivity index (χ1n) is 6.90. The Morgan fingerprint density at radius 3 is 2.52 bits per heavy atom. The smallest absolute Gasteiger partial charge is 0.185 e. The Morgan fingerprint density at radius 1 is 1.19 bits per heavy atom. The maximum atomic E-state index is 12.5. The van der Waals surface area contributed by atoms with Crippen LogP contribution < -0.4 is 15.2 Å². The van der Waals surface area contributed by atoms with E-state index in [9.17, 15) is 4.79 Å². The average molecular weight is 305 g/mol. The Morgan fingerprint density at radius 2 is 1.90 bits per heavy atom. The summed E-state index contributed by atoms with van der Waals surface area (Å²) in [5.41, 5.74) is 6.55. The predicted molar refractivity (Wildman–Crippen MR) is 84.4 cm³/mol. The Bertz CT molecular complexity index is 596. The largest absolute Gasteiger partial charge is 0.490 e. The zero-order valence-corrected chi connectivity index (χ0v) is 13.0. The van der Waals surface area contributed by atoms with Crippen LogP contribution in [0.5, 0.6) is 11.5 Å². The molecule has 0 saturated carbocycles. The molecule has 5 heteroatoms. The van der Waals surface area contributed by atoms with Crippen molar-refractivity contribution >= 4 is 17.1 Å². The number of carbonyl (C=O) groups is 1. The van der Waals surface area contributed by atoms with Gasteiger partial charge in [0, 0.05) is 10.4 Å². The first-order chi connectivity index (χ1) is 10.2. The molecule has 0 bridgehead atoms. The molecule has 1 aromatic heterocycles. The van der Waals surface area contributed by atoms with Crippen molar-refractivity contribution < 1.29 is 14.3 Å². The van der Waals surface area contributed by atoms with Crippen LogP contribution in [0.15, 0.2) is 35.7 Å². The Labute approximate surface area is 128 Å². The molecule has 112 valence electrons. The minimum atomic E-state index is -0.641. The molecule has 0 aliphatic rings. The van der Waals surface area contributed by atoms with E-state index < -0.39 is 6.04 Å². The summed E-state index contributed by atoms with van der Waals surface area (Å²) >= 11 is 1.48. The minimum absolute atomic E-state index is 0.124. The number of Topliss-reactive ketones (excluding diaryl/α,β-unsaturated/α-hetero) is 1. The molecule has 0 saturated heterocycles. The molecular formula is C16H19NO3S. The van der Waals surface area contributed by atoms with Crippen LogP contribution in [0.2, 0.25) is 0 Å². The molecule has 0 spiro atoms. The highest BCUT2D eigenvalue weighted by Gasteiger charge is 2.20. The van der Waals surface area contributed by atoms with E-state index in [0.29, 0.717) is 30.3 Å². The standard InChI is InChI=1S/C16H19NO3S/c1-3-19-12-8-7-11(10-13(12)20-4-2)16(18)15(17)14-6-5-9-21-14/h5-10,15H,3-4,17H2,1-2H3. The van der Waals surface area contributed by atoms with Crippen LogP contribution in [0.25, 0.3) is 0 Å². The van der Waals surface area contributed by atoms with Crippen molar-refractivity contribution in [3.05, 3.63) is 46.2 Å². The quantitative estimate of drug-likeness (QED) is 0.796. The van der Waals surface area contributed by atoms with Gasteiger partial charge in [0.2, 0.25) is 0 Å². The van der Waals surface area contributed by atoms with E-state index in [1.807, 2.05) is 31.4 Å². The van der Waals surface area contributed by atoms with Crippen molar-refractivity contribution in [3.63, 3.8) is 0 Å². The summed E-state index contributed by atoms with van der Waals surface area (Å²) in [5.74, 6) is 1.09. The maximum absolute atomic E-state index is 12.5. The number of thiophene rings is 1. The highest BCUT2D eigenvalue weighted by atomic mass is 32.1. The zero-order valence-electron chi connectivity index (χ0n) is 12.2. The van der Waals surface area contributed by atoms with Gasteiger partial charge in [0.1, 0.15) is 6.04 Å². The number of hydrogen-bond donors (Lipinski definition) is 1. The van der Waals surface area contributed by atoms with Gasteiger partial charge in [-0.1, -0.05) is 6.07 Å². The van der Waals surface area contributed by atoms with E-state index in [1.54, 1.807) is 18.2 Å². The fourth-order valence-corrected chi connectivity index (χ4v) is 2.71. The van der Waals surface area contributed by atoms with Crippen LogP contribution in [-0.2, 0) is 0 Å². The van der Waals surface area contributed by atoms with Crippen LogP contribution in [0.1, 0.15) is 35.1 Å². The fraction of sp³-hybridized carbons (Fsp3) is 0.312. The Balaban J connectivity index is 2.27. The summed E-state index contributed by atoms with van der Waals surface area (Å²) in [5, 5.41) is 1.91. The van der Waals surface area contributed by atoms with Crippen LogP contribution in [-0.4, -0.2) is 19.0 Å². The van der Waals surface area contributed by atoms with Gasteiger partial charge in [0.05, 0.1) is 13.2 Å². The molecule has 0 aliphatic carbocycles. The summed E-state index contributed by atoms with van der Waals surface area (Å²) in [7, 11) is 0. The van der Waals surface area contributed by atoms with Crippen molar-refractivity contribution in [1.29, 1.82) is 0 Å². The summed E-state index contributed by atoms with van der Waals surface area (Å²) < 4.78 is 11.0. The molecule has 0 aliphatic heterocycles. The summed E-state index contributed by atoms with van der Waals surface area (Å²) in [4.78, 5) is 13.3. The third kappa shape index (κ3) is 3.62. The van der Waals surface area contributed by atoms with Gasteiger partial charge in [0.15, 0.2) is 17.3 Å². The lowest BCUT2D eigenvalue weighted by molar-refractivity contribution is 0.0962. The normalized spacial score (nSPS) is 12.0. The second-order valence-corrected chi connectivity index (χ2v) is 5.36. The summed E-state index contributed by atoms with van der Waals surface area (Å²) in [6, 6.07) is 8.29. The highest BCUT2D eigenvalue weighted by molar-refractivity contribution is 7.10. The zero-order chi connectivity index (χ0) is 15.2. The molecule has 0 radical (unpaired) electrons. The van der Waals surface area contributed by atoms with Gasteiger partial charge in [-0.15, -0.1) is 11.3 Å². The van der Waals surface area contributed by atoms with E-state index >= 15 is 0 Å². The summed E-state index contributed by atoms with van der Waals surface area (Å²) in [6.07, 6.45) is 0. The third-order valence-corrected chi connectivity index (χ3v) is 3.92. The number of rotatable bonds is 7. The molecule has 0 fully saturated rings. The number of nitrogens with two attached hydrogens (primary N) is 1. The lowest BCUT2D eigenvalue weighted by atomic mass is 10.0. The Kier molecular flexibility index (Phi) is 5.36. The molecule has 2 rings (SSSR count). The molecule has 1 atom stereocenters. The van der Waals surface area contributed by atoms with Crippen molar-refractivity contribution in [2.45, 2.75) is 19.9 Å². The monoisotopic (exact) mass is 305 g/mol. The van der Waals surface area contributed by atoms with Crippen molar-refractivity contribution in [2.24, 2.45) is 5.73 Å². The molecule has 21 heavy (non-hydrogen) atoms. The van der Waals surface area contributed by atoms with Gasteiger partial charge in [-0.05, 0) is 43.5 Å². The van der Waals surface area contributed by atoms with E-state index in [2.05, 4.69) is 0 Å². The van der Waals surface area contributed by atoms with Gasteiger partial charge in [-0.2, -0.15) is 0 Å². The van der Waals surface area contributed by atoms with Gasteiger partial charge < -0.3 is 15.2 Å². The average Bonchev–Trinajstić information content (AvgIpc) is 3.02. The SMILES string of the molecule is CCOc1ccc(C(=O)C(N)c2cccs2)cc1OCC. The number of ketones is 1. The minimum Gasteiger partial charge on any atom is -0.490 e. The third-order valence-electron chi connectivity index (χ3n) is 2.96. The van der Waals surface area contributed by atoms with Gasteiger partial charge in [0.25, 0.3) is 0 Å². The highest BCUT2D eigenvalue weighted by Crippen LogP contribution is 2.30. The van der Waals surface area contributed by atoms with Gasteiger partial charge >= 0.3 is 0 Å². The first-order valence-corrected chi connectivity index (χ1v) is 7.78. The predicted octanol–water partition coefficient (Wildman–Crippen LogP) is 3.43. The van der Waals surface area contributed by atoms with Crippen molar-refractivity contribution in [3.8, 4) is 11.5 Å². The molecule has 4 nitrogen and oxygen atoms in total. The topological polar surface area (TPSA) is 61.5 Å². The Hall–Kier alpha value is -1.85. The van der Waals surface area contributed by atoms with Crippen LogP contribution >= 0.6 is 11.3 Å². The fourth-order valence-electron chi connectivity index (χ4n) is 1.98. The molecule has 1 unspecified atom stereocenters. The van der Waals surface area contributed by atoms with Crippen molar-refractivity contribution in [1.82, 2.24) is 0 Å². The van der Waals surface area contributed by atoms with E-state index in [-0.39, 0.29) is 5.78 Å². The molecule has 2 N–H and O–H groups in total. The lowest BCUT2D eigenvalue weighted by Crippen LogP contribution is -2.20. The van der Waals surface area contributed by atoms with Crippen LogP contribution in [0.3, 0.4) is 0 Å². The molecule has 0 amide bonds. The molecular weight excluding hydrogens is 286 g/mol. The van der Waals surface area contributed by atoms with Gasteiger partial charge in [-0.25, -0.2) is 0 Å². The lowest BCUT2D eigenvalue weighted by Gasteiger charge is -2.13. The number of benzene rings is 1. The number of ether oxygens (including phenoxy) is 2. The second-order valence-electron chi connectivity index (χ2n) is 4.38. The molecule has 2 aromatic rings. The second kappa shape index (κ2) is 7.24. The van der Waals surface area contributed by atoms with Gasteiger partial charge in [-0.3, -0.25) is 4.79 Å². The van der Waals surface area contributed by atoms with Crippen LogP contribution in [0, 0.1) is 0 Å². The van der Waals surface area contributed by atoms with Crippen molar-refractivity contribution in [2.75, 3.05) is 13.2 Å². The summed E-state index contributed by atoms with van der Waals surface area (Å²) in [6.45, 7) is 4.85. The number of carbonyl (C=O) groups excluding carboxylic acids is 1.